The van der Waals surface area contributed by atoms with Crippen LogP contribution in [0.2, 0.25) is 5.02 Å². The topological polar surface area (TPSA) is 53.4 Å². The van der Waals surface area contributed by atoms with E-state index in [-0.39, 0.29) is 5.70 Å². The second-order valence-corrected chi connectivity index (χ2v) is 5.63. The molecule has 0 saturated heterocycles. The molecule has 22 heavy (non-hydrogen) atoms. The Morgan fingerprint density at radius 2 is 2.14 bits per heavy atom. The first kappa shape index (κ1) is 16.6. The van der Waals surface area contributed by atoms with Crippen LogP contribution in [0.15, 0.2) is 35.0 Å². The molecule has 0 aliphatic carbocycles. The molecule has 0 unspecified atom stereocenters. The molecule has 0 spiro atoms. The fraction of sp³-hybridized carbons (Fsp3) is 0.200. The van der Waals surface area contributed by atoms with Crippen LogP contribution in [0.5, 0.6) is 0 Å². The van der Waals surface area contributed by atoms with Crippen molar-refractivity contribution in [3.05, 3.63) is 45.7 Å². The van der Waals surface area contributed by atoms with Gasteiger partial charge in [0.15, 0.2) is 5.70 Å². The molecule has 2 aromatic rings. The van der Waals surface area contributed by atoms with Gasteiger partial charge in [-0.15, -0.1) is 0 Å². The average molecular weight is 386 g/mol. The van der Waals surface area contributed by atoms with Crippen molar-refractivity contribution >= 4 is 39.2 Å². The lowest BCUT2D eigenvalue weighted by molar-refractivity contribution is -0.134. The van der Waals surface area contributed by atoms with Crippen LogP contribution in [0.3, 0.4) is 0 Å². The Morgan fingerprint density at radius 1 is 1.41 bits per heavy atom. The van der Waals surface area contributed by atoms with Gasteiger partial charge in [-0.25, -0.2) is 9.48 Å². The van der Waals surface area contributed by atoms with Crippen LogP contribution in [0.1, 0.15) is 5.69 Å². The summed E-state index contributed by atoms with van der Waals surface area (Å²) < 4.78 is 11.9. The molecule has 0 saturated carbocycles. The van der Waals surface area contributed by atoms with E-state index in [9.17, 15) is 4.79 Å². The summed E-state index contributed by atoms with van der Waals surface area (Å²) in [7, 11) is 2.76. The first-order valence-corrected chi connectivity index (χ1v) is 7.49. The molecule has 7 heteroatoms. The molecular formula is C15H14BrClN2O3. The maximum absolute atomic E-state index is 11.9. The van der Waals surface area contributed by atoms with Crippen molar-refractivity contribution in [3.63, 3.8) is 0 Å². The normalized spacial score (nSPS) is 11.4. The Labute approximate surface area is 141 Å². The number of aromatic nitrogens is 2. The number of benzene rings is 1. The Hall–Kier alpha value is -1.79. The Kier molecular flexibility index (Phi) is 5.26. The van der Waals surface area contributed by atoms with Crippen molar-refractivity contribution in [1.82, 2.24) is 9.78 Å². The minimum Gasteiger partial charge on any atom is -0.502 e. The van der Waals surface area contributed by atoms with Gasteiger partial charge < -0.3 is 9.47 Å². The second kappa shape index (κ2) is 6.98. The van der Waals surface area contributed by atoms with Gasteiger partial charge in [-0.1, -0.05) is 23.7 Å². The predicted molar refractivity (Wildman–Crippen MR) is 88.4 cm³/mol. The van der Waals surface area contributed by atoms with Crippen molar-refractivity contribution in [2.75, 3.05) is 14.2 Å². The molecule has 0 bridgehead atoms. The minimum absolute atomic E-state index is 0.177. The lowest BCUT2D eigenvalue weighted by atomic mass is 10.1. The number of nitrogens with zero attached hydrogens (tertiary/aromatic N) is 2. The number of methoxy groups -OCH3 is 2. The Balaban J connectivity index is 2.59. The van der Waals surface area contributed by atoms with Gasteiger partial charge in [0.2, 0.25) is 0 Å². The molecule has 0 amide bonds. The molecule has 1 aromatic carbocycles. The van der Waals surface area contributed by atoms with Crippen LogP contribution in [0.25, 0.3) is 17.0 Å². The molecule has 0 N–H and O–H groups in total. The van der Waals surface area contributed by atoms with E-state index >= 15 is 0 Å². The molecule has 5 nitrogen and oxygen atoms in total. The van der Waals surface area contributed by atoms with Crippen LogP contribution in [0, 0.1) is 6.92 Å². The largest absolute Gasteiger partial charge is 0.502 e. The Bertz CT molecular complexity index is 740. The summed E-state index contributed by atoms with van der Waals surface area (Å²) in [5, 5.41) is 5.08. The van der Waals surface area contributed by atoms with Crippen molar-refractivity contribution in [2.45, 2.75) is 6.92 Å². The summed E-state index contributed by atoms with van der Waals surface area (Å²) in [6, 6.07) is 7.31. The van der Waals surface area contributed by atoms with Gasteiger partial charge in [0, 0.05) is 10.6 Å². The highest BCUT2D eigenvalue weighted by molar-refractivity contribution is 9.10. The zero-order valence-corrected chi connectivity index (χ0v) is 14.6. The highest BCUT2D eigenvalue weighted by Crippen LogP contribution is 2.32. The van der Waals surface area contributed by atoms with Gasteiger partial charge in [-0.05, 0) is 35.0 Å². The fourth-order valence-corrected chi connectivity index (χ4v) is 2.61. The summed E-state index contributed by atoms with van der Waals surface area (Å²) in [5.41, 5.74) is 2.42. The van der Waals surface area contributed by atoms with E-state index in [1.165, 1.54) is 25.2 Å². The fourth-order valence-electron chi connectivity index (χ4n) is 1.94. The van der Waals surface area contributed by atoms with Gasteiger partial charge in [0.25, 0.3) is 0 Å². The number of esters is 1. The molecule has 0 fully saturated rings. The third-order valence-corrected chi connectivity index (χ3v) is 4.18. The monoisotopic (exact) mass is 384 g/mol. The van der Waals surface area contributed by atoms with Gasteiger partial charge in [-0.3, -0.25) is 0 Å². The van der Waals surface area contributed by atoms with Crippen LogP contribution < -0.4 is 0 Å². The SMILES string of the molecule is COC=C(C(=O)OC)n1nc(-c2cccc(Cl)c2)c(Br)c1C. The average Bonchev–Trinajstić information content (AvgIpc) is 2.80. The second-order valence-electron chi connectivity index (χ2n) is 4.40. The van der Waals surface area contributed by atoms with Gasteiger partial charge in [0.1, 0.15) is 12.0 Å². The molecule has 0 aliphatic heterocycles. The van der Waals surface area contributed by atoms with Crippen LogP contribution >= 0.6 is 27.5 Å². The van der Waals surface area contributed by atoms with E-state index in [0.29, 0.717) is 10.7 Å². The minimum atomic E-state index is -0.544. The smallest absolute Gasteiger partial charge is 0.359 e. The number of rotatable bonds is 4. The van der Waals surface area contributed by atoms with Crippen molar-refractivity contribution in [1.29, 1.82) is 0 Å². The van der Waals surface area contributed by atoms with E-state index in [2.05, 4.69) is 21.0 Å². The lowest BCUT2D eigenvalue weighted by Crippen LogP contribution is -2.13. The number of hydrogen-bond donors (Lipinski definition) is 0. The zero-order chi connectivity index (χ0) is 16.3. The third-order valence-electron chi connectivity index (χ3n) is 2.99. The quantitative estimate of drug-likeness (QED) is 0.455. The predicted octanol–water partition coefficient (Wildman–Crippen LogP) is 3.89. The van der Waals surface area contributed by atoms with E-state index < -0.39 is 5.97 Å². The van der Waals surface area contributed by atoms with Gasteiger partial charge in [-0.2, -0.15) is 5.10 Å². The first-order chi connectivity index (χ1) is 10.5. The third kappa shape index (κ3) is 3.18. The van der Waals surface area contributed by atoms with Crippen molar-refractivity contribution in [2.24, 2.45) is 0 Å². The first-order valence-electron chi connectivity index (χ1n) is 6.32. The standard InChI is InChI=1S/C15H14BrClN2O3/c1-9-13(16)14(10-5-4-6-11(17)7-10)18-19(9)12(8-21-2)15(20)22-3/h4-8H,1-3H3. The van der Waals surface area contributed by atoms with Gasteiger partial charge >= 0.3 is 5.97 Å². The van der Waals surface area contributed by atoms with Crippen molar-refractivity contribution < 1.29 is 14.3 Å². The molecular weight excluding hydrogens is 372 g/mol. The van der Waals surface area contributed by atoms with E-state index in [4.69, 9.17) is 21.1 Å². The summed E-state index contributed by atoms with van der Waals surface area (Å²) in [4.78, 5) is 11.9. The molecule has 0 aliphatic rings. The van der Waals surface area contributed by atoms with Crippen LogP contribution in [-0.4, -0.2) is 30.0 Å². The molecule has 2 rings (SSSR count). The maximum Gasteiger partial charge on any atom is 0.359 e. The summed E-state index contributed by atoms with van der Waals surface area (Å²) in [6.45, 7) is 1.83. The molecule has 0 radical (unpaired) electrons. The van der Waals surface area contributed by atoms with Crippen LogP contribution in [-0.2, 0) is 14.3 Å². The Morgan fingerprint density at radius 3 is 2.73 bits per heavy atom. The summed E-state index contributed by atoms with van der Waals surface area (Å²) in [5.74, 6) is -0.544. The maximum atomic E-state index is 11.9. The van der Waals surface area contributed by atoms with Crippen molar-refractivity contribution in [3.8, 4) is 11.3 Å². The molecule has 0 atom stereocenters. The van der Waals surface area contributed by atoms with Gasteiger partial charge in [0.05, 0.1) is 24.4 Å². The number of hydrogen-bond acceptors (Lipinski definition) is 4. The molecule has 116 valence electrons. The number of halogens is 2. The number of carbonyl (C=O) groups is 1. The van der Waals surface area contributed by atoms with E-state index in [0.717, 1.165) is 15.7 Å². The molecule has 1 heterocycles. The summed E-state index contributed by atoms with van der Waals surface area (Å²) in [6.07, 6.45) is 1.29. The molecule has 1 aromatic heterocycles. The highest BCUT2D eigenvalue weighted by atomic mass is 79.9. The zero-order valence-electron chi connectivity index (χ0n) is 12.3. The highest BCUT2D eigenvalue weighted by Gasteiger charge is 2.21. The number of carbonyl (C=O) groups excluding carboxylic acids is 1. The summed E-state index contributed by atoms with van der Waals surface area (Å²) >= 11 is 9.53. The van der Waals surface area contributed by atoms with E-state index in [1.807, 2.05) is 19.1 Å². The lowest BCUT2D eigenvalue weighted by Gasteiger charge is -2.07. The van der Waals surface area contributed by atoms with E-state index in [1.54, 1.807) is 12.1 Å². The number of ether oxygens (including phenoxy) is 2. The van der Waals surface area contributed by atoms with Crippen LogP contribution in [0.4, 0.5) is 0 Å².